The van der Waals surface area contributed by atoms with Crippen molar-refractivity contribution in [2.75, 3.05) is 0 Å². The Morgan fingerprint density at radius 1 is 1.36 bits per heavy atom. The van der Waals surface area contributed by atoms with Gasteiger partial charge in [0.25, 0.3) is 0 Å². The second-order valence-electron chi connectivity index (χ2n) is 7.19. The average molecular weight is 361 g/mol. The predicted octanol–water partition coefficient (Wildman–Crippen LogP) is 4.99. The number of imidazole rings is 1. The Morgan fingerprint density at radius 3 is 2.72 bits per heavy atom. The third kappa shape index (κ3) is 4.06. The molecule has 0 amide bonds. The van der Waals surface area contributed by atoms with E-state index >= 15 is 0 Å². The number of fused-ring (bicyclic) bond motifs is 1. The van der Waals surface area contributed by atoms with Crippen molar-refractivity contribution in [3.63, 3.8) is 0 Å². The lowest BCUT2D eigenvalue weighted by Gasteiger charge is -2.25. The molecule has 1 atom stereocenters. The van der Waals surface area contributed by atoms with E-state index in [9.17, 15) is 4.79 Å². The van der Waals surface area contributed by atoms with Gasteiger partial charge >= 0.3 is 5.97 Å². The summed E-state index contributed by atoms with van der Waals surface area (Å²) in [5.74, 6) is 0.993. The van der Waals surface area contributed by atoms with Crippen LogP contribution in [0, 0.1) is 0 Å². The molecular formula is C20H25ClN2O2. The number of carboxylic acids is 1. The van der Waals surface area contributed by atoms with Crippen LogP contribution in [0.2, 0.25) is 5.02 Å². The summed E-state index contributed by atoms with van der Waals surface area (Å²) in [5, 5.41) is 9.82. The highest BCUT2D eigenvalue weighted by molar-refractivity contribution is 6.30. The molecule has 0 bridgehead atoms. The Bertz CT molecular complexity index is 750. The van der Waals surface area contributed by atoms with Crippen molar-refractivity contribution in [3.8, 4) is 0 Å². The van der Waals surface area contributed by atoms with Gasteiger partial charge in [-0.3, -0.25) is 4.79 Å². The van der Waals surface area contributed by atoms with Gasteiger partial charge in [-0.05, 0) is 43.4 Å². The lowest BCUT2D eigenvalue weighted by Crippen LogP contribution is -2.17. The number of aliphatic carboxylic acids is 1. The summed E-state index contributed by atoms with van der Waals surface area (Å²) in [5.41, 5.74) is 3.61. The molecule has 0 saturated carbocycles. The van der Waals surface area contributed by atoms with Gasteiger partial charge in [0.15, 0.2) is 0 Å². The van der Waals surface area contributed by atoms with Gasteiger partial charge < -0.3 is 9.67 Å². The number of nitrogens with zero attached hydrogens (tertiary/aromatic N) is 2. The Hall–Kier alpha value is -1.81. The van der Waals surface area contributed by atoms with Crippen LogP contribution in [0.15, 0.2) is 24.3 Å². The second kappa shape index (κ2) is 7.61. The van der Waals surface area contributed by atoms with Crippen LogP contribution >= 0.6 is 11.6 Å². The number of rotatable bonds is 6. The molecule has 0 radical (unpaired) electrons. The number of aromatic nitrogens is 2. The van der Waals surface area contributed by atoms with Crippen LogP contribution in [0.25, 0.3) is 0 Å². The summed E-state index contributed by atoms with van der Waals surface area (Å²) < 4.78 is 2.33. The first-order valence-electron chi connectivity index (χ1n) is 9.01. The molecule has 3 rings (SSSR count). The summed E-state index contributed by atoms with van der Waals surface area (Å²) in [7, 11) is 0. The molecule has 4 nitrogen and oxygen atoms in total. The molecule has 5 heteroatoms. The molecule has 1 aromatic heterocycles. The highest BCUT2D eigenvalue weighted by atomic mass is 35.5. The SMILES string of the molecule is CC(C)c1nc2c(n1Cc1ccc(Cl)cc1)C(CCC(=O)O)CCC2. The maximum absolute atomic E-state index is 11.0. The Labute approximate surface area is 153 Å². The minimum absolute atomic E-state index is 0.216. The topological polar surface area (TPSA) is 55.1 Å². The molecule has 2 aromatic rings. The van der Waals surface area contributed by atoms with Crippen LogP contribution in [0.1, 0.15) is 74.1 Å². The quantitative estimate of drug-likeness (QED) is 0.789. The normalized spacial score (nSPS) is 16.9. The lowest BCUT2D eigenvalue weighted by molar-refractivity contribution is -0.137. The van der Waals surface area contributed by atoms with E-state index in [2.05, 4.69) is 18.4 Å². The Balaban J connectivity index is 1.98. The maximum Gasteiger partial charge on any atom is 0.303 e. The molecule has 1 aliphatic carbocycles. The third-order valence-electron chi connectivity index (χ3n) is 4.94. The molecule has 134 valence electrons. The smallest absolute Gasteiger partial charge is 0.303 e. The van der Waals surface area contributed by atoms with Gasteiger partial charge in [-0.1, -0.05) is 37.6 Å². The number of benzene rings is 1. The van der Waals surface area contributed by atoms with Crippen LogP contribution in [0.3, 0.4) is 0 Å². The molecule has 0 spiro atoms. The summed E-state index contributed by atoms with van der Waals surface area (Å²) >= 11 is 6.01. The van der Waals surface area contributed by atoms with Crippen molar-refractivity contribution >= 4 is 17.6 Å². The second-order valence-corrected chi connectivity index (χ2v) is 7.63. The van der Waals surface area contributed by atoms with Crippen LogP contribution in [-0.4, -0.2) is 20.6 Å². The first kappa shape index (κ1) is 18.0. The van der Waals surface area contributed by atoms with Gasteiger partial charge in [0.05, 0.1) is 5.69 Å². The van der Waals surface area contributed by atoms with Crippen LogP contribution in [-0.2, 0) is 17.8 Å². The Kier molecular flexibility index (Phi) is 5.48. The number of aryl methyl sites for hydroxylation is 1. The van der Waals surface area contributed by atoms with E-state index in [0.29, 0.717) is 12.3 Å². The van der Waals surface area contributed by atoms with Gasteiger partial charge in [-0.2, -0.15) is 0 Å². The lowest BCUT2D eigenvalue weighted by atomic mass is 9.86. The van der Waals surface area contributed by atoms with Gasteiger partial charge in [0.1, 0.15) is 5.82 Å². The number of carbonyl (C=O) groups is 1. The highest BCUT2D eigenvalue weighted by Crippen LogP contribution is 2.37. The van der Waals surface area contributed by atoms with Gasteiger partial charge in [0.2, 0.25) is 0 Å². The van der Waals surface area contributed by atoms with E-state index in [1.807, 2.05) is 24.3 Å². The molecule has 1 aromatic carbocycles. The highest BCUT2D eigenvalue weighted by Gasteiger charge is 2.29. The van der Waals surface area contributed by atoms with Crippen LogP contribution in [0.4, 0.5) is 0 Å². The number of hydrogen-bond acceptors (Lipinski definition) is 2. The van der Waals surface area contributed by atoms with Crippen LogP contribution < -0.4 is 0 Å². The molecule has 25 heavy (non-hydrogen) atoms. The van der Waals surface area contributed by atoms with Crippen molar-refractivity contribution in [1.29, 1.82) is 0 Å². The maximum atomic E-state index is 11.0. The van der Waals surface area contributed by atoms with Crippen molar-refractivity contribution in [2.45, 2.75) is 64.3 Å². The van der Waals surface area contributed by atoms with E-state index in [0.717, 1.165) is 36.7 Å². The average Bonchev–Trinajstić information content (AvgIpc) is 2.94. The fourth-order valence-corrected chi connectivity index (χ4v) is 3.91. The molecule has 0 saturated heterocycles. The summed E-state index contributed by atoms with van der Waals surface area (Å²) in [6.45, 7) is 5.09. The number of halogens is 1. The van der Waals surface area contributed by atoms with Crippen molar-refractivity contribution in [1.82, 2.24) is 9.55 Å². The minimum atomic E-state index is -0.722. The first-order chi connectivity index (χ1) is 12.0. The molecule has 1 aliphatic rings. The molecule has 1 heterocycles. The predicted molar refractivity (Wildman–Crippen MR) is 99.4 cm³/mol. The van der Waals surface area contributed by atoms with Gasteiger partial charge in [0, 0.05) is 35.5 Å². The zero-order valence-electron chi connectivity index (χ0n) is 14.8. The summed E-state index contributed by atoms with van der Waals surface area (Å²) in [6, 6.07) is 7.93. The summed E-state index contributed by atoms with van der Waals surface area (Å²) in [4.78, 5) is 16.0. The fourth-order valence-electron chi connectivity index (χ4n) is 3.79. The van der Waals surface area contributed by atoms with Gasteiger partial charge in [-0.25, -0.2) is 4.98 Å². The zero-order valence-corrected chi connectivity index (χ0v) is 15.6. The fraction of sp³-hybridized carbons (Fsp3) is 0.500. The van der Waals surface area contributed by atoms with Crippen molar-refractivity contribution in [3.05, 3.63) is 52.1 Å². The van der Waals surface area contributed by atoms with Crippen LogP contribution in [0.5, 0.6) is 0 Å². The standard InChI is InChI=1S/C20H25ClN2O2/c1-13(2)20-22-17-5-3-4-15(8-11-18(24)25)19(17)23(20)12-14-6-9-16(21)10-7-14/h6-7,9-10,13,15H,3-5,8,11-12H2,1-2H3,(H,24,25). The van der Waals surface area contributed by atoms with Crippen molar-refractivity contribution in [2.24, 2.45) is 0 Å². The number of carboxylic acid groups (broad SMARTS) is 1. The molecule has 1 unspecified atom stereocenters. The van der Waals surface area contributed by atoms with E-state index in [4.69, 9.17) is 21.7 Å². The van der Waals surface area contributed by atoms with Gasteiger partial charge in [-0.15, -0.1) is 0 Å². The molecule has 0 fully saturated rings. The van der Waals surface area contributed by atoms with E-state index in [1.54, 1.807) is 0 Å². The minimum Gasteiger partial charge on any atom is -0.481 e. The number of hydrogen-bond donors (Lipinski definition) is 1. The largest absolute Gasteiger partial charge is 0.481 e. The molecule has 1 N–H and O–H groups in total. The van der Waals surface area contributed by atoms with E-state index in [-0.39, 0.29) is 12.3 Å². The van der Waals surface area contributed by atoms with E-state index < -0.39 is 5.97 Å². The molecule has 0 aliphatic heterocycles. The van der Waals surface area contributed by atoms with E-state index in [1.165, 1.54) is 17.0 Å². The third-order valence-corrected chi connectivity index (χ3v) is 5.19. The van der Waals surface area contributed by atoms with Crippen molar-refractivity contribution < 1.29 is 9.90 Å². The summed E-state index contributed by atoms with van der Waals surface area (Å²) in [6.07, 6.45) is 4.03. The monoisotopic (exact) mass is 360 g/mol. The first-order valence-corrected chi connectivity index (χ1v) is 9.39. The zero-order chi connectivity index (χ0) is 18.0. The Morgan fingerprint density at radius 2 is 2.08 bits per heavy atom. The molecular weight excluding hydrogens is 336 g/mol.